The van der Waals surface area contributed by atoms with Gasteiger partial charge in [0, 0.05) is 16.7 Å². The molecule has 0 aliphatic heterocycles. The van der Waals surface area contributed by atoms with E-state index in [0.29, 0.717) is 0 Å². The number of hydrogen-bond donors (Lipinski definition) is 0. The van der Waals surface area contributed by atoms with Crippen LogP contribution in [0.25, 0.3) is 0 Å². The summed E-state index contributed by atoms with van der Waals surface area (Å²) in [6.07, 6.45) is 10.2. The average molecular weight is 437 g/mol. The Morgan fingerprint density at radius 3 is 1.15 bits per heavy atom. The minimum Gasteiger partial charge on any atom is -0.371 e. The summed E-state index contributed by atoms with van der Waals surface area (Å²) in [5.74, 6) is -0.813. The van der Waals surface area contributed by atoms with Gasteiger partial charge in [0.2, 0.25) is 0 Å². The maximum atomic E-state index is 6.60. The van der Waals surface area contributed by atoms with Crippen molar-refractivity contribution < 1.29 is 13.3 Å². The molecule has 158 valence electrons. The van der Waals surface area contributed by atoms with Crippen LogP contribution in [0.1, 0.15) is 51.4 Å². The van der Waals surface area contributed by atoms with Crippen LogP contribution >= 0.6 is 0 Å². The van der Waals surface area contributed by atoms with Crippen molar-refractivity contribution in [3.8, 4) is 0 Å². The molecule has 0 aromatic heterocycles. The molecule has 0 heterocycles. The fraction of sp³-hybridized carbons (Fsp3) is 1.00. The highest BCUT2D eigenvalue weighted by Gasteiger charge is 2.44. The van der Waals surface area contributed by atoms with Crippen molar-refractivity contribution in [3.05, 3.63) is 0 Å². The highest BCUT2D eigenvalue weighted by atomic mass is 28.4. The molecule has 0 spiro atoms. The van der Waals surface area contributed by atoms with Crippen molar-refractivity contribution in [2.45, 2.75) is 122 Å². The molecule has 3 nitrogen and oxygen atoms in total. The molecule has 0 fully saturated rings. The van der Waals surface area contributed by atoms with Gasteiger partial charge in [0.05, 0.1) is 0 Å². The Morgan fingerprint density at radius 2 is 0.846 bits per heavy atom. The summed E-state index contributed by atoms with van der Waals surface area (Å²) < 4.78 is 19.8. The van der Waals surface area contributed by atoms with E-state index in [0.717, 1.165) is 12.8 Å². The standard InChI is InChI=1S/C19H48O3Si4/c1-24(2,3)20-19(21-25(4,5)6,22-26(7,8)9)17-15-13-11-10-12-14-16-18-23/h10-18H2,1-9,23H3. The van der Waals surface area contributed by atoms with Crippen LogP contribution in [-0.4, -0.2) is 41.2 Å². The van der Waals surface area contributed by atoms with E-state index in [-0.39, 0.29) is 0 Å². The molecule has 0 aliphatic carbocycles. The van der Waals surface area contributed by atoms with Crippen LogP contribution in [-0.2, 0) is 13.3 Å². The van der Waals surface area contributed by atoms with Crippen molar-refractivity contribution in [1.29, 1.82) is 0 Å². The Hall–Kier alpha value is 0.748. The Kier molecular flexibility index (Phi) is 12.0. The number of rotatable bonds is 15. The van der Waals surface area contributed by atoms with E-state index >= 15 is 0 Å². The molecule has 0 rings (SSSR count). The second-order valence-corrected chi connectivity index (χ2v) is 24.8. The maximum Gasteiger partial charge on any atom is 0.254 e. The molecule has 0 atom stereocenters. The van der Waals surface area contributed by atoms with Gasteiger partial charge < -0.3 is 13.3 Å². The molecular weight excluding hydrogens is 389 g/mol. The fourth-order valence-electron chi connectivity index (χ4n) is 3.09. The molecule has 0 aliphatic rings. The molecule has 0 unspecified atom stereocenters. The van der Waals surface area contributed by atoms with Crippen molar-refractivity contribution in [1.82, 2.24) is 0 Å². The maximum absolute atomic E-state index is 6.60. The minimum absolute atomic E-state index is 0.813. The monoisotopic (exact) mass is 436 g/mol. The van der Waals surface area contributed by atoms with Crippen molar-refractivity contribution in [2.24, 2.45) is 0 Å². The van der Waals surface area contributed by atoms with Crippen LogP contribution < -0.4 is 0 Å². The summed E-state index contributed by atoms with van der Waals surface area (Å²) in [7, 11) is -3.99. The molecule has 0 aromatic rings. The zero-order valence-electron chi connectivity index (χ0n) is 19.6. The summed E-state index contributed by atoms with van der Waals surface area (Å²) in [4.78, 5) is 0. The van der Waals surface area contributed by atoms with Gasteiger partial charge in [-0.15, -0.1) is 0 Å². The third-order valence-corrected chi connectivity index (χ3v) is 7.20. The first-order chi connectivity index (χ1) is 11.7. The lowest BCUT2D eigenvalue weighted by molar-refractivity contribution is -0.274. The summed E-state index contributed by atoms with van der Waals surface area (Å²) in [6.45, 7) is 20.1. The minimum atomic E-state index is -1.78. The molecular formula is C19H48O3Si4. The van der Waals surface area contributed by atoms with E-state index in [4.69, 9.17) is 13.3 Å². The van der Waals surface area contributed by atoms with Crippen LogP contribution in [0.15, 0.2) is 0 Å². The molecule has 0 saturated heterocycles. The van der Waals surface area contributed by atoms with Gasteiger partial charge >= 0.3 is 0 Å². The third-order valence-electron chi connectivity index (χ3n) is 3.72. The second-order valence-electron chi connectivity index (χ2n) is 10.6. The number of hydrogen-bond acceptors (Lipinski definition) is 3. The van der Waals surface area contributed by atoms with Crippen molar-refractivity contribution in [2.75, 3.05) is 0 Å². The lowest BCUT2D eigenvalue weighted by Crippen LogP contribution is -2.55. The molecule has 0 amide bonds. The predicted molar refractivity (Wildman–Crippen MR) is 128 cm³/mol. The van der Waals surface area contributed by atoms with E-state index in [2.05, 4.69) is 58.9 Å². The normalized spacial score (nSPS) is 14.2. The Labute approximate surface area is 170 Å². The average Bonchev–Trinajstić information content (AvgIpc) is 2.35. The van der Waals surface area contributed by atoms with Gasteiger partial charge in [-0.2, -0.15) is 0 Å². The zero-order chi connectivity index (χ0) is 20.5. The van der Waals surface area contributed by atoms with Crippen molar-refractivity contribution >= 4 is 35.2 Å². The first kappa shape index (κ1) is 26.7. The molecule has 0 bridgehead atoms. The van der Waals surface area contributed by atoms with Crippen LogP contribution in [0.5, 0.6) is 0 Å². The summed E-state index contributed by atoms with van der Waals surface area (Å²) >= 11 is 0. The predicted octanol–water partition coefficient (Wildman–Crippen LogP) is 6.10. The highest BCUT2D eigenvalue weighted by molar-refractivity contribution is 6.72. The summed E-state index contributed by atoms with van der Waals surface area (Å²) in [6, 6.07) is 1.46. The largest absolute Gasteiger partial charge is 0.371 e. The van der Waals surface area contributed by atoms with E-state index < -0.39 is 30.9 Å². The molecule has 26 heavy (non-hydrogen) atoms. The zero-order valence-corrected chi connectivity index (χ0v) is 24.6. The summed E-state index contributed by atoms with van der Waals surface area (Å²) in [5, 5.41) is 0. The van der Waals surface area contributed by atoms with E-state index in [1.54, 1.807) is 0 Å². The first-order valence-electron chi connectivity index (χ1n) is 10.8. The first-order valence-corrected chi connectivity index (χ1v) is 22.4. The van der Waals surface area contributed by atoms with E-state index in [1.807, 2.05) is 0 Å². The lowest BCUT2D eigenvalue weighted by Gasteiger charge is -2.45. The highest BCUT2D eigenvalue weighted by Crippen LogP contribution is 2.33. The Morgan fingerprint density at radius 1 is 0.538 bits per heavy atom. The number of unbranched alkanes of at least 4 members (excludes halogenated alkanes) is 6. The third kappa shape index (κ3) is 15.8. The van der Waals surface area contributed by atoms with Gasteiger partial charge in [0.1, 0.15) is 0 Å². The molecule has 7 heteroatoms. The van der Waals surface area contributed by atoms with Gasteiger partial charge in [-0.05, 0) is 65.3 Å². The van der Waals surface area contributed by atoms with E-state index in [1.165, 1.54) is 54.8 Å². The molecule has 0 N–H and O–H groups in total. The van der Waals surface area contributed by atoms with Crippen LogP contribution in [0.2, 0.25) is 65.0 Å². The van der Waals surface area contributed by atoms with Gasteiger partial charge in [-0.25, -0.2) is 0 Å². The molecule has 0 radical (unpaired) electrons. The van der Waals surface area contributed by atoms with Gasteiger partial charge in [-0.1, -0.05) is 44.6 Å². The van der Waals surface area contributed by atoms with Crippen LogP contribution in [0.4, 0.5) is 0 Å². The molecule has 0 saturated carbocycles. The SMILES string of the molecule is C[Si](C)(C)OC(CCCCCCCCC[SiH3])(O[Si](C)(C)C)O[Si](C)(C)C. The van der Waals surface area contributed by atoms with Crippen LogP contribution in [0.3, 0.4) is 0 Å². The van der Waals surface area contributed by atoms with Gasteiger partial charge in [-0.3, -0.25) is 0 Å². The van der Waals surface area contributed by atoms with Gasteiger partial charge in [0.25, 0.3) is 5.97 Å². The lowest BCUT2D eigenvalue weighted by atomic mass is 10.1. The summed E-state index contributed by atoms with van der Waals surface area (Å²) in [5.41, 5.74) is 0. The topological polar surface area (TPSA) is 27.7 Å². The van der Waals surface area contributed by atoms with Crippen molar-refractivity contribution in [3.63, 3.8) is 0 Å². The quantitative estimate of drug-likeness (QED) is 0.176. The second kappa shape index (κ2) is 11.7. The smallest absolute Gasteiger partial charge is 0.254 e. The Bertz CT molecular complexity index is 330. The molecule has 0 aromatic carbocycles. The fourth-order valence-corrected chi connectivity index (χ4v) is 7.20. The Balaban J connectivity index is 4.88. The van der Waals surface area contributed by atoms with Gasteiger partial charge in [0.15, 0.2) is 25.0 Å². The van der Waals surface area contributed by atoms with Crippen LogP contribution in [0, 0.1) is 0 Å². The van der Waals surface area contributed by atoms with E-state index in [9.17, 15) is 0 Å².